The molecule has 0 rings (SSSR count). The van der Waals surface area contributed by atoms with Gasteiger partial charge in [0.2, 0.25) is 5.91 Å². The number of amides is 1. The van der Waals surface area contributed by atoms with E-state index in [2.05, 4.69) is 35.1 Å². The van der Waals surface area contributed by atoms with Gasteiger partial charge in [0.1, 0.15) is 0 Å². The number of nitrogens with one attached hydrogen (secondary N) is 1. The van der Waals surface area contributed by atoms with Crippen molar-refractivity contribution >= 4 is 21.8 Å². The molecule has 0 aromatic heterocycles. The summed E-state index contributed by atoms with van der Waals surface area (Å²) in [4.78, 5) is 11.7. The zero-order chi connectivity index (χ0) is 12.1. The Morgan fingerprint density at radius 3 is 2.13 bits per heavy atom. The van der Waals surface area contributed by atoms with Crippen LogP contribution in [0.25, 0.3) is 0 Å². The highest BCUT2D eigenvalue weighted by molar-refractivity contribution is 9.09. The number of carbonyl (C=O) groups is 1. The summed E-state index contributed by atoms with van der Waals surface area (Å²) in [7, 11) is 0. The van der Waals surface area contributed by atoms with Crippen LogP contribution < -0.4 is 5.32 Å². The molecule has 0 radical (unpaired) electrons. The van der Waals surface area contributed by atoms with Gasteiger partial charge < -0.3 is 5.32 Å². The molecule has 0 spiro atoms. The second-order valence-corrected chi connectivity index (χ2v) is 6.68. The van der Waals surface area contributed by atoms with Crippen LogP contribution in [0.3, 0.4) is 0 Å². The van der Waals surface area contributed by atoms with E-state index in [1.807, 2.05) is 20.8 Å². The average Bonchev–Trinajstić information content (AvgIpc) is 2.09. The fraction of sp³-hybridized carbons (Fsp3) is 0.917. The molecule has 1 amide bonds. The molecular weight excluding hydrogens is 254 g/mol. The van der Waals surface area contributed by atoms with Crippen LogP contribution in [0.15, 0.2) is 0 Å². The number of hydrogen-bond acceptors (Lipinski definition) is 1. The van der Waals surface area contributed by atoms with Crippen molar-refractivity contribution in [3.63, 3.8) is 0 Å². The van der Waals surface area contributed by atoms with Crippen molar-refractivity contribution in [1.29, 1.82) is 0 Å². The summed E-state index contributed by atoms with van der Waals surface area (Å²) in [6, 6.07) is 0. The highest BCUT2D eigenvalue weighted by atomic mass is 79.9. The van der Waals surface area contributed by atoms with Crippen molar-refractivity contribution in [2.75, 3.05) is 11.9 Å². The van der Waals surface area contributed by atoms with E-state index in [0.29, 0.717) is 0 Å². The number of rotatable bonds is 5. The molecule has 0 aromatic rings. The predicted octanol–water partition coefficient (Wildman–Crippen LogP) is 3.35. The fourth-order valence-corrected chi connectivity index (χ4v) is 1.50. The summed E-state index contributed by atoms with van der Waals surface area (Å²) in [6.07, 6.45) is 2.28. The zero-order valence-electron chi connectivity index (χ0n) is 10.6. The van der Waals surface area contributed by atoms with Crippen LogP contribution in [0.1, 0.15) is 47.5 Å². The van der Waals surface area contributed by atoms with Crippen LogP contribution in [0.2, 0.25) is 0 Å². The zero-order valence-corrected chi connectivity index (χ0v) is 12.2. The van der Waals surface area contributed by atoms with Crippen LogP contribution in [-0.4, -0.2) is 17.8 Å². The standard InChI is InChI=1S/C12H24BrNO/c1-11(2,3)10(15)14-9-12(4,5)7-6-8-13/h6-9H2,1-5H3,(H,14,15). The van der Waals surface area contributed by atoms with Crippen LogP contribution >= 0.6 is 15.9 Å². The Hall–Kier alpha value is -0.0500. The maximum atomic E-state index is 11.7. The van der Waals surface area contributed by atoms with E-state index in [1.54, 1.807) is 0 Å². The summed E-state index contributed by atoms with van der Waals surface area (Å²) in [6.45, 7) is 11.0. The van der Waals surface area contributed by atoms with Crippen LogP contribution in [0, 0.1) is 10.8 Å². The lowest BCUT2D eigenvalue weighted by Gasteiger charge is -2.27. The molecule has 2 nitrogen and oxygen atoms in total. The van der Waals surface area contributed by atoms with E-state index in [-0.39, 0.29) is 16.7 Å². The molecule has 15 heavy (non-hydrogen) atoms. The molecular formula is C12H24BrNO. The van der Waals surface area contributed by atoms with Crippen molar-refractivity contribution in [2.45, 2.75) is 47.5 Å². The van der Waals surface area contributed by atoms with E-state index >= 15 is 0 Å². The molecule has 0 heterocycles. The minimum absolute atomic E-state index is 0.134. The molecule has 0 unspecified atom stereocenters. The Bertz CT molecular complexity index is 206. The van der Waals surface area contributed by atoms with Crippen LogP contribution in [0.5, 0.6) is 0 Å². The normalized spacial score (nSPS) is 12.7. The molecule has 3 heteroatoms. The molecule has 0 saturated heterocycles. The topological polar surface area (TPSA) is 29.1 Å². The molecule has 1 N–H and O–H groups in total. The van der Waals surface area contributed by atoms with Gasteiger partial charge in [0, 0.05) is 17.3 Å². The smallest absolute Gasteiger partial charge is 0.225 e. The van der Waals surface area contributed by atoms with Gasteiger partial charge in [-0.05, 0) is 18.3 Å². The Labute approximate surface area is 102 Å². The van der Waals surface area contributed by atoms with Gasteiger partial charge >= 0.3 is 0 Å². The Morgan fingerprint density at radius 1 is 1.20 bits per heavy atom. The van der Waals surface area contributed by atoms with E-state index in [4.69, 9.17) is 0 Å². The van der Waals surface area contributed by atoms with E-state index < -0.39 is 0 Å². The Kier molecular flexibility index (Phi) is 5.86. The summed E-state index contributed by atoms with van der Waals surface area (Å²) in [5, 5.41) is 4.05. The lowest BCUT2D eigenvalue weighted by molar-refractivity contribution is -0.128. The molecule has 0 aromatic carbocycles. The fourth-order valence-electron chi connectivity index (χ4n) is 1.22. The first-order valence-electron chi connectivity index (χ1n) is 5.53. The quantitative estimate of drug-likeness (QED) is 0.768. The molecule has 0 aliphatic rings. The maximum Gasteiger partial charge on any atom is 0.225 e. The number of alkyl halides is 1. The number of hydrogen-bond donors (Lipinski definition) is 1. The summed E-state index contributed by atoms with van der Waals surface area (Å²) in [5.41, 5.74) is -0.0970. The van der Waals surface area contributed by atoms with E-state index in [1.165, 1.54) is 0 Å². The first kappa shape index (κ1) is 14.9. The van der Waals surface area contributed by atoms with Crippen molar-refractivity contribution < 1.29 is 4.79 Å². The molecule has 0 bridgehead atoms. The van der Waals surface area contributed by atoms with Crippen molar-refractivity contribution in [3.05, 3.63) is 0 Å². The SMILES string of the molecule is CC(C)(CCCBr)CNC(=O)C(C)(C)C. The molecule has 0 aliphatic heterocycles. The van der Waals surface area contributed by atoms with Crippen LogP contribution in [-0.2, 0) is 4.79 Å². The van der Waals surface area contributed by atoms with E-state index in [9.17, 15) is 4.79 Å². The summed E-state index contributed by atoms with van der Waals surface area (Å²) < 4.78 is 0. The molecule has 0 saturated carbocycles. The largest absolute Gasteiger partial charge is 0.355 e. The Balaban J connectivity index is 3.98. The highest BCUT2D eigenvalue weighted by Crippen LogP contribution is 2.22. The van der Waals surface area contributed by atoms with Gasteiger partial charge in [-0.3, -0.25) is 4.79 Å². The highest BCUT2D eigenvalue weighted by Gasteiger charge is 2.24. The summed E-state index contributed by atoms with van der Waals surface area (Å²) in [5.74, 6) is 0.134. The average molecular weight is 278 g/mol. The molecule has 0 fully saturated rings. The minimum Gasteiger partial charge on any atom is -0.355 e. The van der Waals surface area contributed by atoms with Crippen molar-refractivity contribution in [3.8, 4) is 0 Å². The number of halogens is 1. The van der Waals surface area contributed by atoms with Gasteiger partial charge in [-0.15, -0.1) is 0 Å². The van der Waals surface area contributed by atoms with Gasteiger partial charge in [-0.1, -0.05) is 50.5 Å². The van der Waals surface area contributed by atoms with Crippen LogP contribution in [0.4, 0.5) is 0 Å². The monoisotopic (exact) mass is 277 g/mol. The molecule has 0 atom stereocenters. The Morgan fingerprint density at radius 2 is 1.73 bits per heavy atom. The second-order valence-electron chi connectivity index (χ2n) is 5.89. The molecule has 90 valence electrons. The maximum absolute atomic E-state index is 11.7. The van der Waals surface area contributed by atoms with Gasteiger partial charge in [0.05, 0.1) is 0 Å². The van der Waals surface area contributed by atoms with E-state index in [0.717, 1.165) is 24.7 Å². The minimum atomic E-state index is -0.286. The van der Waals surface area contributed by atoms with Gasteiger partial charge in [-0.2, -0.15) is 0 Å². The van der Waals surface area contributed by atoms with Gasteiger partial charge in [0.15, 0.2) is 0 Å². The first-order chi connectivity index (χ1) is 6.69. The third-order valence-electron chi connectivity index (χ3n) is 2.40. The predicted molar refractivity (Wildman–Crippen MR) is 69.3 cm³/mol. The lowest BCUT2D eigenvalue weighted by atomic mass is 9.87. The van der Waals surface area contributed by atoms with Crippen molar-refractivity contribution in [1.82, 2.24) is 5.32 Å². The van der Waals surface area contributed by atoms with Gasteiger partial charge in [0.25, 0.3) is 0 Å². The summed E-state index contributed by atoms with van der Waals surface area (Å²) >= 11 is 3.43. The lowest BCUT2D eigenvalue weighted by Crippen LogP contribution is -2.40. The van der Waals surface area contributed by atoms with Crippen molar-refractivity contribution in [2.24, 2.45) is 10.8 Å². The number of carbonyl (C=O) groups excluding carboxylic acids is 1. The molecule has 0 aliphatic carbocycles. The van der Waals surface area contributed by atoms with Gasteiger partial charge in [-0.25, -0.2) is 0 Å². The second kappa shape index (κ2) is 5.88. The third-order valence-corrected chi connectivity index (χ3v) is 2.96. The third kappa shape index (κ3) is 6.93. The first-order valence-corrected chi connectivity index (χ1v) is 6.65.